The second kappa shape index (κ2) is 6.90. The van der Waals surface area contributed by atoms with Gasteiger partial charge in [-0.3, -0.25) is 9.59 Å². The number of hydrogen-bond acceptors (Lipinski definition) is 2. The van der Waals surface area contributed by atoms with E-state index in [0.29, 0.717) is 12.8 Å². The molecule has 0 radical (unpaired) electrons. The molecule has 0 aromatic heterocycles. The van der Waals surface area contributed by atoms with Gasteiger partial charge in [0.25, 0.3) is 0 Å². The Labute approximate surface area is 129 Å². The molecule has 1 aliphatic rings. The Morgan fingerprint density at radius 2 is 1.82 bits per heavy atom. The van der Waals surface area contributed by atoms with E-state index in [4.69, 9.17) is 5.11 Å². The van der Waals surface area contributed by atoms with Gasteiger partial charge in [0.05, 0.1) is 11.8 Å². The zero-order chi connectivity index (χ0) is 16.2. The standard InChI is InChI=1S/C17H22FNO3/c1-12(11-15(20)21)19-16(22)17(9-3-2-4-10-17)13-5-7-14(18)8-6-13/h5-8,12H,2-4,9-11H2,1H3,(H,19,22)(H,20,21). The van der Waals surface area contributed by atoms with Crippen LogP contribution in [0, 0.1) is 5.82 Å². The lowest BCUT2D eigenvalue weighted by atomic mass is 9.68. The van der Waals surface area contributed by atoms with Crippen molar-refractivity contribution in [3.8, 4) is 0 Å². The van der Waals surface area contributed by atoms with Crippen LogP contribution in [-0.2, 0) is 15.0 Å². The summed E-state index contributed by atoms with van der Waals surface area (Å²) in [6, 6.07) is 5.66. The van der Waals surface area contributed by atoms with E-state index in [2.05, 4.69) is 5.32 Å². The van der Waals surface area contributed by atoms with E-state index in [1.807, 2.05) is 0 Å². The van der Waals surface area contributed by atoms with Gasteiger partial charge in [-0.15, -0.1) is 0 Å². The first-order valence-electron chi connectivity index (χ1n) is 7.73. The van der Waals surface area contributed by atoms with E-state index in [1.165, 1.54) is 12.1 Å². The van der Waals surface area contributed by atoms with Gasteiger partial charge in [-0.1, -0.05) is 31.4 Å². The van der Waals surface area contributed by atoms with E-state index in [-0.39, 0.29) is 18.1 Å². The van der Waals surface area contributed by atoms with Crippen LogP contribution in [0.5, 0.6) is 0 Å². The van der Waals surface area contributed by atoms with Gasteiger partial charge in [0.1, 0.15) is 5.82 Å². The molecule has 0 bridgehead atoms. The maximum atomic E-state index is 13.2. The molecule has 4 nitrogen and oxygen atoms in total. The first kappa shape index (κ1) is 16.5. The fraction of sp³-hybridized carbons (Fsp3) is 0.529. The molecule has 2 rings (SSSR count). The van der Waals surface area contributed by atoms with Crippen molar-refractivity contribution >= 4 is 11.9 Å². The second-order valence-corrected chi connectivity index (χ2v) is 6.12. The Bertz CT molecular complexity index is 535. The summed E-state index contributed by atoms with van der Waals surface area (Å²) in [5, 5.41) is 11.6. The second-order valence-electron chi connectivity index (χ2n) is 6.12. The third-order valence-corrected chi connectivity index (χ3v) is 4.40. The SMILES string of the molecule is CC(CC(=O)O)NC(=O)C1(c2ccc(F)cc2)CCCCC1. The number of carbonyl (C=O) groups excluding carboxylic acids is 1. The average molecular weight is 307 g/mol. The number of rotatable bonds is 5. The van der Waals surface area contributed by atoms with Crippen LogP contribution in [0.3, 0.4) is 0 Å². The van der Waals surface area contributed by atoms with Crippen LogP contribution in [0.2, 0.25) is 0 Å². The van der Waals surface area contributed by atoms with Crippen molar-refractivity contribution in [1.82, 2.24) is 5.32 Å². The summed E-state index contributed by atoms with van der Waals surface area (Å²) >= 11 is 0. The van der Waals surface area contributed by atoms with Crippen molar-refractivity contribution in [3.05, 3.63) is 35.6 Å². The van der Waals surface area contributed by atoms with Crippen molar-refractivity contribution in [1.29, 1.82) is 0 Å². The van der Waals surface area contributed by atoms with E-state index < -0.39 is 17.4 Å². The predicted octanol–water partition coefficient (Wildman–Crippen LogP) is 3.01. The summed E-state index contributed by atoms with van der Waals surface area (Å²) in [7, 11) is 0. The Morgan fingerprint density at radius 1 is 1.23 bits per heavy atom. The van der Waals surface area contributed by atoms with Gasteiger partial charge in [0.15, 0.2) is 0 Å². The predicted molar refractivity (Wildman–Crippen MR) is 81.0 cm³/mol. The van der Waals surface area contributed by atoms with E-state index in [0.717, 1.165) is 24.8 Å². The molecular weight excluding hydrogens is 285 g/mol. The molecule has 1 atom stereocenters. The average Bonchev–Trinajstić information content (AvgIpc) is 2.47. The lowest BCUT2D eigenvalue weighted by molar-refractivity contribution is -0.137. The highest BCUT2D eigenvalue weighted by Gasteiger charge is 2.41. The molecule has 0 heterocycles. The molecule has 0 saturated heterocycles. The fourth-order valence-electron chi connectivity index (χ4n) is 3.25. The molecule has 5 heteroatoms. The topological polar surface area (TPSA) is 66.4 Å². The lowest BCUT2D eigenvalue weighted by Gasteiger charge is -2.37. The van der Waals surface area contributed by atoms with Crippen LogP contribution in [0.4, 0.5) is 4.39 Å². The number of halogens is 1. The molecule has 1 unspecified atom stereocenters. The summed E-state index contributed by atoms with van der Waals surface area (Å²) in [5.41, 5.74) is 0.146. The van der Waals surface area contributed by atoms with Crippen molar-refractivity contribution < 1.29 is 19.1 Å². The number of nitrogens with one attached hydrogen (secondary N) is 1. The molecule has 2 N–H and O–H groups in total. The molecule has 1 amide bonds. The highest BCUT2D eigenvalue weighted by molar-refractivity contribution is 5.89. The van der Waals surface area contributed by atoms with Gasteiger partial charge < -0.3 is 10.4 Å². The third kappa shape index (κ3) is 3.64. The maximum absolute atomic E-state index is 13.2. The number of amides is 1. The Hall–Kier alpha value is -1.91. The molecule has 1 aromatic rings. The molecule has 1 aromatic carbocycles. The van der Waals surface area contributed by atoms with Gasteiger partial charge in [-0.2, -0.15) is 0 Å². The van der Waals surface area contributed by atoms with Crippen LogP contribution in [0.25, 0.3) is 0 Å². The summed E-state index contributed by atoms with van der Waals surface area (Å²) < 4.78 is 13.2. The summed E-state index contributed by atoms with van der Waals surface area (Å²) in [6.45, 7) is 1.69. The van der Waals surface area contributed by atoms with Crippen molar-refractivity contribution in [2.75, 3.05) is 0 Å². The molecular formula is C17H22FNO3. The number of aliphatic carboxylic acids is 1. The van der Waals surface area contributed by atoms with Crippen molar-refractivity contribution in [2.24, 2.45) is 0 Å². The normalized spacial score (nSPS) is 18.5. The fourth-order valence-corrected chi connectivity index (χ4v) is 3.25. The number of hydrogen-bond donors (Lipinski definition) is 2. The van der Waals surface area contributed by atoms with Gasteiger partial charge in [-0.05, 0) is 37.5 Å². The van der Waals surface area contributed by atoms with E-state index >= 15 is 0 Å². The zero-order valence-electron chi connectivity index (χ0n) is 12.8. The van der Waals surface area contributed by atoms with Crippen LogP contribution in [0.15, 0.2) is 24.3 Å². The molecule has 1 aliphatic carbocycles. The van der Waals surface area contributed by atoms with Crippen LogP contribution in [-0.4, -0.2) is 23.0 Å². The Kier molecular flexibility index (Phi) is 5.16. The summed E-state index contributed by atoms with van der Waals surface area (Å²) in [4.78, 5) is 23.6. The van der Waals surface area contributed by atoms with Gasteiger partial charge in [0, 0.05) is 6.04 Å². The molecule has 1 fully saturated rings. The minimum absolute atomic E-state index is 0.106. The number of carboxylic acid groups (broad SMARTS) is 1. The molecule has 1 saturated carbocycles. The monoisotopic (exact) mass is 307 g/mol. The Morgan fingerprint density at radius 3 is 2.36 bits per heavy atom. The molecule has 0 aliphatic heterocycles. The van der Waals surface area contributed by atoms with Crippen LogP contribution >= 0.6 is 0 Å². The van der Waals surface area contributed by atoms with Gasteiger partial charge in [-0.25, -0.2) is 4.39 Å². The largest absolute Gasteiger partial charge is 0.481 e. The van der Waals surface area contributed by atoms with Crippen molar-refractivity contribution in [3.63, 3.8) is 0 Å². The molecule has 120 valence electrons. The van der Waals surface area contributed by atoms with Crippen molar-refractivity contribution in [2.45, 2.75) is 56.9 Å². The first-order chi connectivity index (χ1) is 10.4. The third-order valence-electron chi connectivity index (χ3n) is 4.40. The highest BCUT2D eigenvalue weighted by Crippen LogP contribution is 2.40. The zero-order valence-corrected chi connectivity index (χ0v) is 12.8. The summed E-state index contributed by atoms with van der Waals surface area (Å²) in [5.74, 6) is -1.41. The van der Waals surface area contributed by atoms with Gasteiger partial charge >= 0.3 is 5.97 Å². The minimum Gasteiger partial charge on any atom is -0.481 e. The van der Waals surface area contributed by atoms with Crippen LogP contribution < -0.4 is 5.32 Å². The molecule has 22 heavy (non-hydrogen) atoms. The van der Waals surface area contributed by atoms with Crippen LogP contribution in [0.1, 0.15) is 51.0 Å². The van der Waals surface area contributed by atoms with Gasteiger partial charge in [0.2, 0.25) is 5.91 Å². The quantitative estimate of drug-likeness (QED) is 0.879. The summed E-state index contributed by atoms with van der Waals surface area (Å²) in [6.07, 6.45) is 4.29. The lowest BCUT2D eigenvalue weighted by Crippen LogP contribution is -2.49. The molecule has 0 spiro atoms. The number of benzene rings is 1. The maximum Gasteiger partial charge on any atom is 0.305 e. The number of carboxylic acids is 1. The number of carbonyl (C=O) groups is 2. The van der Waals surface area contributed by atoms with E-state index in [1.54, 1.807) is 19.1 Å². The first-order valence-corrected chi connectivity index (χ1v) is 7.73. The smallest absolute Gasteiger partial charge is 0.305 e. The Balaban J connectivity index is 2.23. The highest BCUT2D eigenvalue weighted by atomic mass is 19.1. The minimum atomic E-state index is -0.938. The van der Waals surface area contributed by atoms with E-state index in [9.17, 15) is 14.0 Å².